The second-order valence-corrected chi connectivity index (χ2v) is 8.09. The van der Waals surface area contributed by atoms with Gasteiger partial charge < -0.3 is 14.6 Å². The highest BCUT2D eigenvalue weighted by Crippen LogP contribution is 2.47. The minimum atomic E-state index is -1.41. The van der Waals surface area contributed by atoms with E-state index in [1.165, 1.54) is 14.2 Å². The van der Waals surface area contributed by atoms with Gasteiger partial charge in [0.1, 0.15) is 5.41 Å². The van der Waals surface area contributed by atoms with Crippen molar-refractivity contribution in [2.75, 3.05) is 25.7 Å². The first-order valence-corrected chi connectivity index (χ1v) is 9.63. The highest BCUT2D eigenvalue weighted by Gasteiger charge is 2.53. The number of aliphatic hydroxyl groups excluding tert-OH is 1. The molecule has 1 aliphatic heterocycles. The third kappa shape index (κ3) is 3.19. The van der Waals surface area contributed by atoms with Crippen molar-refractivity contribution in [3.63, 3.8) is 0 Å². The smallest absolute Gasteiger partial charge is 0.335 e. The van der Waals surface area contributed by atoms with Crippen molar-refractivity contribution in [2.24, 2.45) is 5.41 Å². The van der Waals surface area contributed by atoms with Crippen LogP contribution in [0, 0.1) is 5.41 Å². The summed E-state index contributed by atoms with van der Waals surface area (Å²) in [5.74, 6) is 0.815. The predicted molar refractivity (Wildman–Crippen MR) is 92.2 cm³/mol. The summed E-state index contributed by atoms with van der Waals surface area (Å²) in [7, 11) is 2.56. The summed E-state index contributed by atoms with van der Waals surface area (Å²) < 4.78 is 9.92. The maximum absolute atomic E-state index is 12.5. The molecule has 2 aliphatic rings. The molecule has 1 saturated heterocycles. The largest absolute Gasteiger partial charge is 0.468 e. The molecule has 0 aromatic heterocycles. The summed E-state index contributed by atoms with van der Waals surface area (Å²) in [6, 6.07) is 0. The monoisotopic (exact) mass is 358 g/mol. The molecule has 128 valence electrons. The fourth-order valence-corrected chi connectivity index (χ4v) is 6.00. The topological polar surface area (TPSA) is 72.8 Å². The predicted octanol–water partition coefficient (Wildman–Crippen LogP) is 2.15. The molecular weight excluding hydrogens is 336 g/mol. The Labute approximate surface area is 144 Å². The molecule has 0 spiro atoms. The molecule has 1 fully saturated rings. The lowest BCUT2D eigenvalue weighted by atomic mass is 9.68. The highest BCUT2D eigenvalue weighted by atomic mass is 32.2. The number of rotatable bonds is 4. The van der Waals surface area contributed by atoms with E-state index < -0.39 is 23.5 Å². The first kappa shape index (κ1) is 18.4. The van der Waals surface area contributed by atoms with Crippen LogP contribution in [0.5, 0.6) is 0 Å². The Morgan fingerprint density at radius 1 is 1.30 bits per heavy atom. The number of carbonyl (C=O) groups excluding carboxylic acids is 2. The van der Waals surface area contributed by atoms with Crippen molar-refractivity contribution < 1.29 is 24.2 Å². The summed E-state index contributed by atoms with van der Waals surface area (Å²) >= 11 is 3.49. The maximum atomic E-state index is 12.5. The Morgan fingerprint density at radius 3 is 2.48 bits per heavy atom. The molecule has 0 saturated carbocycles. The minimum Gasteiger partial charge on any atom is -0.468 e. The van der Waals surface area contributed by atoms with E-state index >= 15 is 0 Å². The van der Waals surface area contributed by atoms with E-state index in [4.69, 9.17) is 9.47 Å². The number of thioether (sulfide) groups is 2. The second kappa shape index (κ2) is 7.77. The van der Waals surface area contributed by atoms with E-state index in [-0.39, 0.29) is 16.6 Å². The van der Waals surface area contributed by atoms with Gasteiger partial charge in [0, 0.05) is 0 Å². The average Bonchev–Trinajstić information content (AvgIpc) is 2.60. The third-order valence-electron chi connectivity index (χ3n) is 4.28. The number of ether oxygens (including phenoxy) is 2. The molecule has 0 bridgehead atoms. The van der Waals surface area contributed by atoms with Crippen LogP contribution in [0.4, 0.5) is 0 Å². The molecule has 5 nitrogen and oxygen atoms in total. The molecule has 1 heterocycles. The Morgan fingerprint density at radius 2 is 1.96 bits per heavy atom. The molecule has 7 heteroatoms. The zero-order valence-electron chi connectivity index (χ0n) is 13.5. The summed E-state index contributed by atoms with van der Waals surface area (Å²) in [6.07, 6.45) is 3.59. The number of esters is 2. The van der Waals surface area contributed by atoms with Crippen molar-refractivity contribution in [1.29, 1.82) is 0 Å². The molecule has 23 heavy (non-hydrogen) atoms. The number of aliphatic hydroxyl groups is 1. The van der Waals surface area contributed by atoms with Crippen LogP contribution in [-0.2, 0) is 19.1 Å². The zero-order chi connectivity index (χ0) is 17.0. The van der Waals surface area contributed by atoms with Gasteiger partial charge in [-0.25, -0.2) is 4.79 Å². The van der Waals surface area contributed by atoms with Crippen LogP contribution in [0.25, 0.3) is 0 Å². The number of hydrogen-bond acceptors (Lipinski definition) is 7. The molecule has 0 amide bonds. The van der Waals surface area contributed by atoms with Gasteiger partial charge in [0.25, 0.3) is 0 Å². The zero-order valence-corrected chi connectivity index (χ0v) is 15.2. The Kier molecular flexibility index (Phi) is 6.22. The molecule has 0 aromatic carbocycles. The van der Waals surface area contributed by atoms with Crippen molar-refractivity contribution in [3.05, 3.63) is 23.3 Å². The minimum absolute atomic E-state index is 0.0529. The van der Waals surface area contributed by atoms with Crippen LogP contribution in [0.15, 0.2) is 23.3 Å². The molecular formula is C16H22O5S2. The highest BCUT2D eigenvalue weighted by molar-refractivity contribution is 8.17. The van der Waals surface area contributed by atoms with Gasteiger partial charge >= 0.3 is 11.9 Å². The standard InChI is InChI=1S/C16H22O5S2/c1-4-16(15(19)21-3)11(17)7-6-10(12(16)13(18)20-2)14-22-8-5-9-23-14/h6-7,11,14,17H,4-5,8-9H2,1-3H3. The molecule has 2 rings (SSSR count). The van der Waals surface area contributed by atoms with E-state index in [0.29, 0.717) is 0 Å². The van der Waals surface area contributed by atoms with Crippen molar-refractivity contribution >= 4 is 35.5 Å². The number of hydrogen-bond donors (Lipinski definition) is 1. The van der Waals surface area contributed by atoms with Gasteiger partial charge in [0.05, 0.1) is 30.5 Å². The number of allylic oxidation sites excluding steroid dienone is 1. The van der Waals surface area contributed by atoms with Crippen LogP contribution in [0.3, 0.4) is 0 Å². The second-order valence-electron chi connectivity index (χ2n) is 5.37. The van der Waals surface area contributed by atoms with Crippen LogP contribution < -0.4 is 0 Å². The average molecular weight is 358 g/mol. The Balaban J connectivity index is 2.62. The van der Waals surface area contributed by atoms with Gasteiger partial charge in [-0.05, 0) is 29.9 Å². The Hall–Kier alpha value is -0.920. The Bertz CT molecular complexity index is 537. The molecule has 0 aromatic rings. The van der Waals surface area contributed by atoms with Crippen LogP contribution >= 0.6 is 23.5 Å². The molecule has 1 N–H and O–H groups in total. The summed E-state index contributed by atoms with van der Waals surface area (Å²) in [5, 5.41) is 10.5. The first-order chi connectivity index (χ1) is 11.0. The lowest BCUT2D eigenvalue weighted by molar-refractivity contribution is -0.159. The van der Waals surface area contributed by atoms with Crippen LogP contribution in [-0.4, -0.2) is 53.5 Å². The van der Waals surface area contributed by atoms with Gasteiger partial charge in [-0.3, -0.25) is 4.79 Å². The van der Waals surface area contributed by atoms with Gasteiger partial charge in [-0.1, -0.05) is 19.1 Å². The van der Waals surface area contributed by atoms with E-state index in [9.17, 15) is 14.7 Å². The summed E-state index contributed by atoms with van der Waals surface area (Å²) in [4.78, 5) is 25.0. The van der Waals surface area contributed by atoms with E-state index in [1.54, 1.807) is 42.6 Å². The van der Waals surface area contributed by atoms with Crippen LogP contribution in [0.1, 0.15) is 19.8 Å². The van der Waals surface area contributed by atoms with Crippen molar-refractivity contribution in [2.45, 2.75) is 30.5 Å². The molecule has 2 atom stereocenters. The molecule has 0 radical (unpaired) electrons. The lowest BCUT2D eigenvalue weighted by Crippen LogP contribution is -2.48. The molecule has 2 unspecified atom stereocenters. The summed E-state index contributed by atoms with van der Waals surface area (Å²) in [6.45, 7) is 1.76. The van der Waals surface area contributed by atoms with Crippen molar-refractivity contribution in [1.82, 2.24) is 0 Å². The fourth-order valence-electron chi connectivity index (χ4n) is 3.05. The third-order valence-corrected chi connectivity index (χ3v) is 7.25. The van der Waals surface area contributed by atoms with Crippen LogP contribution in [0.2, 0.25) is 0 Å². The van der Waals surface area contributed by atoms with Crippen molar-refractivity contribution in [3.8, 4) is 0 Å². The number of carbonyl (C=O) groups is 2. The maximum Gasteiger partial charge on any atom is 0.335 e. The van der Waals surface area contributed by atoms with E-state index in [0.717, 1.165) is 23.5 Å². The molecule has 1 aliphatic carbocycles. The fraction of sp³-hybridized carbons (Fsp3) is 0.625. The SMILES string of the molecule is CCC1(C(=O)OC)C(C(=O)OC)=C(C2SCCCS2)C=CC1O. The number of methoxy groups -OCH3 is 2. The van der Waals surface area contributed by atoms with E-state index in [2.05, 4.69) is 0 Å². The normalized spacial score (nSPS) is 28.6. The van der Waals surface area contributed by atoms with Gasteiger partial charge in [-0.2, -0.15) is 0 Å². The first-order valence-electron chi connectivity index (χ1n) is 7.53. The quantitative estimate of drug-likeness (QED) is 0.772. The van der Waals surface area contributed by atoms with Gasteiger partial charge in [0.2, 0.25) is 0 Å². The summed E-state index contributed by atoms with van der Waals surface area (Å²) in [5.41, 5.74) is -0.426. The van der Waals surface area contributed by atoms with Gasteiger partial charge in [-0.15, -0.1) is 23.5 Å². The van der Waals surface area contributed by atoms with Gasteiger partial charge in [0.15, 0.2) is 0 Å². The lowest BCUT2D eigenvalue weighted by Gasteiger charge is -2.39. The van der Waals surface area contributed by atoms with E-state index in [1.807, 2.05) is 0 Å².